The first-order chi connectivity index (χ1) is 16.2. The summed E-state index contributed by atoms with van der Waals surface area (Å²) in [5.74, 6) is -0.152. The number of hydrogen-bond donors (Lipinski definition) is 0. The highest BCUT2D eigenvalue weighted by atomic mass is 32.2. The van der Waals surface area contributed by atoms with E-state index >= 15 is 0 Å². The van der Waals surface area contributed by atoms with Crippen LogP contribution < -0.4 is 0 Å². The van der Waals surface area contributed by atoms with Crippen LogP contribution in [0.25, 0.3) is 5.57 Å². The zero-order chi connectivity index (χ0) is 22.3. The molecule has 3 aromatic carbocycles. The number of nitrogens with zero attached hydrogens (tertiary/aromatic N) is 2. The first-order valence-electron chi connectivity index (χ1n) is 11.4. The molecule has 0 radical (unpaired) electrons. The van der Waals surface area contributed by atoms with Gasteiger partial charge < -0.3 is 9.64 Å². The number of likely N-dealkylation sites (tertiary alicyclic amines) is 1. The van der Waals surface area contributed by atoms with E-state index < -0.39 is 0 Å². The maximum absolute atomic E-state index is 13.1. The number of piperidine rings is 1. The van der Waals surface area contributed by atoms with Gasteiger partial charge in [-0.25, -0.2) is 0 Å². The number of amides is 1. The second kappa shape index (κ2) is 8.32. The van der Waals surface area contributed by atoms with Gasteiger partial charge in [-0.2, -0.15) is 4.99 Å². The molecular weight excluding hydrogens is 428 g/mol. The summed E-state index contributed by atoms with van der Waals surface area (Å²) in [7, 11) is 0. The molecule has 0 N–H and O–H groups in total. The Labute approximate surface area is 198 Å². The van der Waals surface area contributed by atoms with Crippen molar-refractivity contribution in [2.75, 3.05) is 13.1 Å². The highest BCUT2D eigenvalue weighted by Crippen LogP contribution is 2.45. The Balaban J connectivity index is 1.27. The molecule has 1 fully saturated rings. The van der Waals surface area contributed by atoms with E-state index in [1.54, 1.807) is 0 Å². The summed E-state index contributed by atoms with van der Waals surface area (Å²) in [5, 5.41) is 0.806. The Morgan fingerprint density at radius 2 is 1.45 bits per heavy atom. The van der Waals surface area contributed by atoms with Crippen LogP contribution in [-0.4, -0.2) is 29.1 Å². The average Bonchev–Trinajstić information content (AvgIpc) is 3.42. The lowest BCUT2D eigenvalue weighted by Gasteiger charge is -2.39. The molecule has 3 aliphatic heterocycles. The summed E-state index contributed by atoms with van der Waals surface area (Å²) < 4.78 is 6.31. The van der Waals surface area contributed by atoms with Crippen LogP contribution in [-0.2, 0) is 21.7 Å². The molecule has 0 aromatic heterocycles. The molecule has 0 saturated carbocycles. The Morgan fingerprint density at radius 3 is 2.12 bits per heavy atom. The molecule has 164 valence electrons. The maximum atomic E-state index is 13.1. The SMILES string of the molecule is O=C1N=C(N2CCC3(CC2)OCc2ccccc23)SC1=C(c1ccccc1)c1ccccc1. The third-order valence-corrected chi connectivity index (χ3v) is 7.91. The van der Waals surface area contributed by atoms with Gasteiger partial charge in [-0.3, -0.25) is 4.79 Å². The quantitative estimate of drug-likeness (QED) is 0.475. The predicted octanol–water partition coefficient (Wildman–Crippen LogP) is 5.60. The molecule has 3 heterocycles. The molecule has 1 amide bonds. The minimum atomic E-state index is -0.196. The first kappa shape index (κ1) is 20.5. The summed E-state index contributed by atoms with van der Waals surface area (Å²) in [6.45, 7) is 2.34. The molecule has 0 bridgehead atoms. The summed E-state index contributed by atoms with van der Waals surface area (Å²) in [5.41, 5.74) is 5.45. The van der Waals surface area contributed by atoms with Crippen molar-refractivity contribution in [3.63, 3.8) is 0 Å². The monoisotopic (exact) mass is 452 g/mol. The fourth-order valence-corrected chi connectivity index (χ4v) is 6.18. The number of ether oxygens (including phenoxy) is 1. The Bertz CT molecular complexity index is 1220. The molecule has 0 atom stereocenters. The summed E-state index contributed by atoms with van der Waals surface area (Å²) >= 11 is 1.50. The maximum Gasteiger partial charge on any atom is 0.286 e. The second-order valence-corrected chi connectivity index (χ2v) is 9.64. The average molecular weight is 453 g/mol. The molecule has 0 aliphatic carbocycles. The number of carbonyl (C=O) groups excluding carboxylic acids is 1. The Hall–Kier alpha value is -3.15. The smallest absolute Gasteiger partial charge is 0.286 e. The van der Waals surface area contributed by atoms with Crippen LogP contribution in [0.4, 0.5) is 0 Å². The lowest BCUT2D eigenvalue weighted by molar-refractivity contribution is -0.113. The van der Waals surface area contributed by atoms with E-state index in [2.05, 4.69) is 58.4 Å². The van der Waals surface area contributed by atoms with E-state index in [-0.39, 0.29) is 11.5 Å². The van der Waals surface area contributed by atoms with Crippen LogP contribution in [0.3, 0.4) is 0 Å². The van der Waals surface area contributed by atoms with Crippen molar-refractivity contribution in [2.24, 2.45) is 4.99 Å². The number of thioether (sulfide) groups is 1. The van der Waals surface area contributed by atoms with Crippen molar-refractivity contribution >= 4 is 28.4 Å². The minimum Gasteiger partial charge on any atom is -0.365 e. The van der Waals surface area contributed by atoms with Gasteiger partial charge in [-0.15, -0.1) is 0 Å². The lowest BCUT2D eigenvalue weighted by atomic mass is 9.84. The molecule has 4 nitrogen and oxygen atoms in total. The minimum absolute atomic E-state index is 0.152. The van der Waals surface area contributed by atoms with Crippen LogP contribution in [0, 0.1) is 0 Å². The van der Waals surface area contributed by atoms with Gasteiger partial charge in [0, 0.05) is 18.7 Å². The summed E-state index contributed by atoms with van der Waals surface area (Å²) in [4.78, 5) is 20.6. The highest BCUT2D eigenvalue weighted by molar-refractivity contribution is 8.18. The highest BCUT2D eigenvalue weighted by Gasteiger charge is 2.43. The molecular formula is C28H24N2O2S. The van der Waals surface area contributed by atoms with Gasteiger partial charge in [0.2, 0.25) is 0 Å². The Kier molecular flexibility index (Phi) is 5.16. The van der Waals surface area contributed by atoms with Crippen molar-refractivity contribution in [1.29, 1.82) is 0 Å². The molecule has 33 heavy (non-hydrogen) atoms. The van der Waals surface area contributed by atoms with Crippen LogP contribution in [0.1, 0.15) is 35.1 Å². The van der Waals surface area contributed by atoms with Crippen LogP contribution in [0.2, 0.25) is 0 Å². The zero-order valence-corrected chi connectivity index (χ0v) is 19.1. The van der Waals surface area contributed by atoms with Crippen molar-refractivity contribution in [3.05, 3.63) is 112 Å². The van der Waals surface area contributed by atoms with E-state index in [0.29, 0.717) is 11.5 Å². The fourth-order valence-electron chi connectivity index (χ4n) is 5.08. The van der Waals surface area contributed by atoms with E-state index in [0.717, 1.165) is 47.8 Å². The third-order valence-electron chi connectivity index (χ3n) is 6.79. The third kappa shape index (κ3) is 3.62. The molecule has 3 aromatic rings. The van der Waals surface area contributed by atoms with Crippen LogP contribution >= 0.6 is 11.8 Å². The lowest BCUT2D eigenvalue weighted by Crippen LogP contribution is -2.44. The summed E-state index contributed by atoms with van der Waals surface area (Å²) in [6.07, 6.45) is 1.81. The Morgan fingerprint density at radius 1 is 0.848 bits per heavy atom. The van der Waals surface area contributed by atoms with Crippen molar-refractivity contribution in [3.8, 4) is 0 Å². The molecule has 1 saturated heterocycles. The zero-order valence-electron chi connectivity index (χ0n) is 18.2. The van der Waals surface area contributed by atoms with Crippen LogP contribution in [0.15, 0.2) is 94.8 Å². The molecule has 6 rings (SSSR count). The number of hydrogen-bond acceptors (Lipinski definition) is 4. The second-order valence-electron chi connectivity index (χ2n) is 8.66. The molecule has 5 heteroatoms. The van der Waals surface area contributed by atoms with E-state index in [9.17, 15) is 4.79 Å². The van der Waals surface area contributed by atoms with Crippen LogP contribution in [0.5, 0.6) is 0 Å². The van der Waals surface area contributed by atoms with Crippen molar-refractivity contribution in [2.45, 2.75) is 25.0 Å². The van der Waals surface area contributed by atoms with Gasteiger partial charge in [-0.1, -0.05) is 84.9 Å². The fraction of sp³-hybridized carbons (Fsp3) is 0.214. The number of fused-ring (bicyclic) bond motifs is 2. The van der Waals surface area contributed by atoms with Gasteiger partial charge >= 0.3 is 0 Å². The first-order valence-corrected chi connectivity index (χ1v) is 12.2. The van der Waals surface area contributed by atoms with Gasteiger partial charge in [0.25, 0.3) is 5.91 Å². The largest absolute Gasteiger partial charge is 0.365 e. The molecule has 0 unspecified atom stereocenters. The number of amidine groups is 1. The van der Waals surface area contributed by atoms with E-state index in [4.69, 9.17) is 4.74 Å². The number of aliphatic imine (C=N–C) groups is 1. The summed E-state index contributed by atoms with van der Waals surface area (Å²) in [6, 6.07) is 28.8. The predicted molar refractivity (Wildman–Crippen MR) is 133 cm³/mol. The number of carbonyl (C=O) groups is 1. The van der Waals surface area contributed by atoms with Crippen molar-refractivity contribution < 1.29 is 9.53 Å². The van der Waals surface area contributed by atoms with Gasteiger partial charge in [0.05, 0.1) is 17.1 Å². The van der Waals surface area contributed by atoms with E-state index in [1.807, 2.05) is 36.4 Å². The van der Waals surface area contributed by atoms with Gasteiger partial charge in [0.1, 0.15) is 0 Å². The van der Waals surface area contributed by atoms with Gasteiger partial charge in [0.15, 0.2) is 5.17 Å². The van der Waals surface area contributed by atoms with Gasteiger partial charge in [-0.05, 0) is 46.9 Å². The molecule has 1 spiro atoms. The van der Waals surface area contributed by atoms with E-state index in [1.165, 1.54) is 22.9 Å². The number of benzene rings is 3. The normalized spacial score (nSPS) is 19.0. The molecule has 3 aliphatic rings. The standard InChI is InChI=1S/C28H24N2O2S/c31-26-25(24(20-9-3-1-4-10-20)21-11-5-2-6-12-21)33-27(29-26)30-17-15-28(16-18-30)23-14-8-7-13-22(23)19-32-28/h1-14H,15-19H2. The van der Waals surface area contributed by atoms with Crippen molar-refractivity contribution in [1.82, 2.24) is 4.90 Å². The topological polar surface area (TPSA) is 41.9 Å². The number of rotatable bonds is 2.